The highest BCUT2D eigenvalue weighted by molar-refractivity contribution is 5.24. The topological polar surface area (TPSA) is 27.1 Å². The number of methoxy groups -OCH3 is 1. The minimum atomic E-state index is -0.466. The van der Waals surface area contributed by atoms with Gasteiger partial charge in [0.15, 0.2) is 0 Å². The average molecular weight is 186 g/mol. The van der Waals surface area contributed by atoms with Crippen LogP contribution in [0, 0.1) is 12.9 Å². The summed E-state index contributed by atoms with van der Waals surface area (Å²) in [6.07, 6.45) is 0. The van der Waals surface area contributed by atoms with Crippen LogP contribution < -0.4 is 4.74 Å². The third-order valence-electron chi connectivity index (χ3n) is 1.84. The molecule has 0 radical (unpaired) electrons. The highest BCUT2D eigenvalue weighted by Crippen LogP contribution is 2.26. The third-order valence-corrected chi connectivity index (χ3v) is 1.84. The lowest BCUT2D eigenvalue weighted by Gasteiger charge is -2.21. The molecule has 0 atom stereocenters. The van der Waals surface area contributed by atoms with Gasteiger partial charge in [-0.1, -0.05) is 0 Å². The number of nitrogens with zero attached hydrogens (tertiary/aromatic N) is 2. The van der Waals surface area contributed by atoms with Gasteiger partial charge in [0.05, 0.1) is 18.2 Å². The molecule has 0 amide bonds. The van der Waals surface area contributed by atoms with Gasteiger partial charge < -0.3 is 4.74 Å². The summed E-state index contributed by atoms with van der Waals surface area (Å²) in [6, 6.07) is 0. The van der Waals surface area contributed by atoms with Crippen molar-refractivity contribution in [1.29, 1.82) is 0 Å². The zero-order chi connectivity index (χ0) is 10.2. The highest BCUT2D eigenvalue weighted by Gasteiger charge is 2.23. The molecular formula is C9H15FN2O. The van der Waals surface area contributed by atoms with Crippen LogP contribution in [0.5, 0.6) is 5.88 Å². The van der Waals surface area contributed by atoms with Crippen molar-refractivity contribution in [3.63, 3.8) is 0 Å². The molecule has 0 saturated heterocycles. The summed E-state index contributed by atoms with van der Waals surface area (Å²) in [7, 11) is 1.52. The van der Waals surface area contributed by atoms with Crippen LogP contribution in [0.2, 0.25) is 0 Å². The molecule has 0 aliphatic carbocycles. The van der Waals surface area contributed by atoms with Crippen molar-refractivity contribution in [2.24, 2.45) is 0 Å². The maximum Gasteiger partial charge on any atom is 0.239 e. The van der Waals surface area contributed by atoms with Crippen molar-refractivity contribution in [2.45, 2.75) is 33.2 Å². The first-order chi connectivity index (χ1) is 5.88. The molecule has 0 unspecified atom stereocenters. The maximum absolute atomic E-state index is 13.1. The normalized spacial score (nSPS) is 11.8. The average Bonchev–Trinajstić information content (AvgIpc) is 2.28. The first kappa shape index (κ1) is 10.0. The van der Waals surface area contributed by atoms with Gasteiger partial charge >= 0.3 is 0 Å². The molecule has 1 aromatic rings. The van der Waals surface area contributed by atoms with Crippen molar-refractivity contribution >= 4 is 0 Å². The van der Waals surface area contributed by atoms with Crippen LogP contribution in [0.25, 0.3) is 0 Å². The van der Waals surface area contributed by atoms with Gasteiger partial charge in [-0.05, 0) is 27.7 Å². The predicted octanol–water partition coefficient (Wildman–Crippen LogP) is 2.09. The van der Waals surface area contributed by atoms with E-state index in [2.05, 4.69) is 5.10 Å². The van der Waals surface area contributed by atoms with E-state index in [0.29, 0.717) is 11.4 Å². The summed E-state index contributed by atoms with van der Waals surface area (Å²) in [5, 5.41) is 3.78. The van der Waals surface area contributed by atoms with Crippen molar-refractivity contribution in [1.82, 2.24) is 9.78 Å². The highest BCUT2D eigenvalue weighted by atomic mass is 19.1. The number of aromatic nitrogens is 2. The molecule has 1 heterocycles. The Hall–Kier alpha value is -1.06. The van der Waals surface area contributed by atoms with Gasteiger partial charge in [-0.3, -0.25) is 0 Å². The Bertz CT molecular complexity index is 312. The first-order valence-electron chi connectivity index (χ1n) is 4.17. The predicted molar refractivity (Wildman–Crippen MR) is 48.5 cm³/mol. The quantitative estimate of drug-likeness (QED) is 0.671. The molecule has 0 N–H and O–H groups in total. The van der Waals surface area contributed by atoms with E-state index < -0.39 is 5.95 Å². The molecule has 0 aromatic carbocycles. The number of hydrogen-bond acceptors (Lipinski definition) is 2. The molecule has 1 rings (SSSR count). The zero-order valence-corrected chi connectivity index (χ0v) is 8.68. The summed E-state index contributed by atoms with van der Waals surface area (Å²) in [6.45, 7) is 7.49. The van der Waals surface area contributed by atoms with Crippen molar-refractivity contribution in [2.75, 3.05) is 7.11 Å². The van der Waals surface area contributed by atoms with E-state index in [1.807, 2.05) is 20.8 Å². The first-order valence-corrected chi connectivity index (χ1v) is 4.17. The lowest BCUT2D eigenvalue weighted by Crippen LogP contribution is -2.23. The molecule has 0 aliphatic heterocycles. The Labute approximate surface area is 77.5 Å². The maximum atomic E-state index is 13.1. The van der Waals surface area contributed by atoms with Crippen LogP contribution >= 0.6 is 0 Å². The Morgan fingerprint density at radius 2 is 1.92 bits per heavy atom. The van der Waals surface area contributed by atoms with Gasteiger partial charge in [-0.25, -0.2) is 4.68 Å². The SMILES string of the molecule is COc1c(C)c(F)nn1C(C)(C)C. The van der Waals surface area contributed by atoms with Crippen LogP contribution in [-0.2, 0) is 5.54 Å². The molecular weight excluding hydrogens is 171 g/mol. The number of hydrogen-bond donors (Lipinski definition) is 0. The fourth-order valence-electron chi connectivity index (χ4n) is 1.15. The smallest absolute Gasteiger partial charge is 0.239 e. The minimum absolute atomic E-state index is 0.263. The number of halogens is 1. The van der Waals surface area contributed by atoms with Crippen LogP contribution in [0.4, 0.5) is 4.39 Å². The van der Waals surface area contributed by atoms with Gasteiger partial charge in [0, 0.05) is 0 Å². The second-order valence-corrected chi connectivity index (χ2v) is 4.01. The summed E-state index contributed by atoms with van der Waals surface area (Å²) in [5.41, 5.74) is 0.193. The molecule has 0 bridgehead atoms. The van der Waals surface area contributed by atoms with E-state index >= 15 is 0 Å². The molecule has 13 heavy (non-hydrogen) atoms. The largest absolute Gasteiger partial charge is 0.481 e. The third kappa shape index (κ3) is 1.66. The summed E-state index contributed by atoms with van der Waals surface area (Å²) >= 11 is 0. The van der Waals surface area contributed by atoms with Crippen molar-refractivity contribution < 1.29 is 9.13 Å². The summed E-state index contributed by atoms with van der Waals surface area (Å²) in [4.78, 5) is 0. The fraction of sp³-hybridized carbons (Fsp3) is 0.667. The monoisotopic (exact) mass is 186 g/mol. The molecule has 4 heteroatoms. The molecule has 0 spiro atoms. The molecule has 1 aromatic heterocycles. The molecule has 0 aliphatic rings. The van der Waals surface area contributed by atoms with Gasteiger partial charge in [0.1, 0.15) is 0 Å². The number of ether oxygens (including phenoxy) is 1. The van der Waals surface area contributed by atoms with E-state index in [1.165, 1.54) is 7.11 Å². The summed E-state index contributed by atoms with van der Waals surface area (Å²) in [5.74, 6) is 0.0248. The van der Waals surface area contributed by atoms with Crippen LogP contribution in [0.1, 0.15) is 26.3 Å². The van der Waals surface area contributed by atoms with Crippen LogP contribution in [0.15, 0.2) is 0 Å². The minimum Gasteiger partial charge on any atom is -0.481 e. The van der Waals surface area contributed by atoms with Gasteiger partial charge in [-0.2, -0.15) is 4.39 Å². The lowest BCUT2D eigenvalue weighted by molar-refractivity contribution is 0.277. The van der Waals surface area contributed by atoms with E-state index in [0.717, 1.165) is 0 Å². The molecule has 0 fully saturated rings. The molecule has 0 saturated carbocycles. The second-order valence-electron chi connectivity index (χ2n) is 4.01. The van der Waals surface area contributed by atoms with Gasteiger partial charge in [0.25, 0.3) is 0 Å². The molecule has 74 valence electrons. The Morgan fingerprint density at radius 3 is 2.23 bits per heavy atom. The van der Waals surface area contributed by atoms with Crippen LogP contribution in [0.3, 0.4) is 0 Å². The van der Waals surface area contributed by atoms with Gasteiger partial charge in [-0.15, -0.1) is 5.10 Å². The standard InChI is InChI=1S/C9H15FN2O/c1-6-7(10)11-12(8(6)13-5)9(2,3)4/h1-5H3. The second kappa shape index (κ2) is 3.01. The lowest BCUT2D eigenvalue weighted by atomic mass is 10.1. The van der Waals surface area contributed by atoms with Crippen LogP contribution in [-0.4, -0.2) is 16.9 Å². The Kier molecular flexibility index (Phi) is 2.32. The number of rotatable bonds is 1. The Balaban J connectivity index is 3.30. The van der Waals surface area contributed by atoms with E-state index in [1.54, 1.807) is 11.6 Å². The van der Waals surface area contributed by atoms with E-state index in [4.69, 9.17) is 4.74 Å². The van der Waals surface area contributed by atoms with Gasteiger partial charge in [0.2, 0.25) is 11.8 Å². The Morgan fingerprint density at radius 1 is 1.38 bits per heavy atom. The molecule has 3 nitrogen and oxygen atoms in total. The van der Waals surface area contributed by atoms with E-state index in [9.17, 15) is 4.39 Å². The van der Waals surface area contributed by atoms with E-state index in [-0.39, 0.29) is 5.54 Å². The van der Waals surface area contributed by atoms with Crippen molar-refractivity contribution in [3.8, 4) is 5.88 Å². The van der Waals surface area contributed by atoms with Crippen molar-refractivity contribution in [3.05, 3.63) is 11.5 Å². The summed E-state index contributed by atoms with van der Waals surface area (Å²) < 4.78 is 19.7. The fourth-order valence-corrected chi connectivity index (χ4v) is 1.15. The zero-order valence-electron chi connectivity index (χ0n) is 8.68.